The van der Waals surface area contributed by atoms with Crippen molar-refractivity contribution in [1.82, 2.24) is 5.32 Å². The van der Waals surface area contributed by atoms with E-state index in [9.17, 15) is 4.79 Å². The maximum absolute atomic E-state index is 12.2. The van der Waals surface area contributed by atoms with Crippen molar-refractivity contribution < 1.29 is 4.79 Å². The van der Waals surface area contributed by atoms with Gasteiger partial charge in [-0.2, -0.15) is 0 Å². The first-order valence-electron chi connectivity index (χ1n) is 6.91. The summed E-state index contributed by atoms with van der Waals surface area (Å²) in [5.74, 6) is 0.361. The summed E-state index contributed by atoms with van der Waals surface area (Å²) in [6.45, 7) is 0.569. The van der Waals surface area contributed by atoms with Crippen molar-refractivity contribution in [2.24, 2.45) is 5.92 Å². The Balaban J connectivity index is 1.58. The fourth-order valence-corrected chi connectivity index (χ4v) is 3.10. The van der Waals surface area contributed by atoms with Gasteiger partial charge in [0, 0.05) is 22.5 Å². The molecule has 3 rings (SSSR count). The topological polar surface area (TPSA) is 29.1 Å². The Bertz CT molecular complexity index is 637. The molecular formula is C17H15Cl2NO. The molecule has 1 aliphatic rings. The summed E-state index contributed by atoms with van der Waals surface area (Å²) < 4.78 is 0. The predicted octanol–water partition coefficient (Wildman–Crippen LogP) is 4.41. The highest BCUT2D eigenvalue weighted by atomic mass is 35.5. The van der Waals surface area contributed by atoms with Gasteiger partial charge in [-0.25, -0.2) is 0 Å². The molecule has 0 spiro atoms. The molecule has 0 heterocycles. The molecule has 1 amide bonds. The van der Waals surface area contributed by atoms with Gasteiger partial charge in [-0.3, -0.25) is 4.79 Å². The molecule has 108 valence electrons. The monoisotopic (exact) mass is 319 g/mol. The first-order valence-corrected chi connectivity index (χ1v) is 7.67. The third-order valence-electron chi connectivity index (χ3n) is 3.75. The van der Waals surface area contributed by atoms with E-state index in [1.807, 2.05) is 42.5 Å². The van der Waals surface area contributed by atoms with Gasteiger partial charge in [-0.1, -0.05) is 53.5 Å². The molecule has 1 N–H and O–H groups in total. The Kier molecular flexibility index (Phi) is 4.18. The lowest BCUT2D eigenvalue weighted by molar-refractivity contribution is -0.122. The Morgan fingerprint density at radius 3 is 2.43 bits per heavy atom. The lowest BCUT2D eigenvalue weighted by Gasteiger charge is -2.06. The summed E-state index contributed by atoms with van der Waals surface area (Å²) in [5, 5.41) is 4.22. The maximum atomic E-state index is 12.2. The second-order valence-corrected chi connectivity index (χ2v) is 6.23. The van der Waals surface area contributed by atoms with Crippen LogP contribution >= 0.6 is 23.2 Å². The molecule has 21 heavy (non-hydrogen) atoms. The van der Waals surface area contributed by atoms with E-state index in [0.29, 0.717) is 16.6 Å². The highest BCUT2D eigenvalue weighted by molar-refractivity contribution is 6.34. The molecule has 0 saturated heterocycles. The zero-order valence-corrected chi connectivity index (χ0v) is 12.9. The largest absolute Gasteiger partial charge is 0.352 e. The molecule has 2 aromatic carbocycles. The molecule has 1 saturated carbocycles. The molecule has 0 aliphatic heterocycles. The standard InChI is InChI=1S/C17H15Cl2NO/c18-13-6-12(7-14(19)8-13)15-9-16(15)17(21)20-10-11-4-2-1-3-5-11/h1-8,15-16H,9-10H2,(H,20,21). The lowest BCUT2D eigenvalue weighted by atomic mass is 10.1. The fraction of sp³-hybridized carbons (Fsp3) is 0.235. The van der Waals surface area contributed by atoms with E-state index in [1.165, 1.54) is 0 Å². The summed E-state index contributed by atoms with van der Waals surface area (Å²) in [6.07, 6.45) is 0.858. The zero-order valence-electron chi connectivity index (χ0n) is 11.4. The Morgan fingerprint density at radius 2 is 1.76 bits per heavy atom. The number of hydrogen-bond donors (Lipinski definition) is 1. The van der Waals surface area contributed by atoms with Crippen LogP contribution in [0.2, 0.25) is 10.0 Å². The summed E-state index contributed by atoms with van der Waals surface area (Å²) in [4.78, 5) is 12.2. The fourth-order valence-electron chi connectivity index (χ4n) is 2.56. The van der Waals surface area contributed by atoms with Crippen LogP contribution in [0.4, 0.5) is 0 Å². The van der Waals surface area contributed by atoms with Crippen molar-refractivity contribution in [2.45, 2.75) is 18.9 Å². The molecular weight excluding hydrogens is 305 g/mol. The third kappa shape index (κ3) is 3.58. The molecule has 0 radical (unpaired) electrons. The smallest absolute Gasteiger partial charge is 0.224 e. The minimum absolute atomic E-state index is 0.0308. The van der Waals surface area contributed by atoms with Crippen LogP contribution in [0, 0.1) is 5.92 Å². The molecule has 4 heteroatoms. The van der Waals surface area contributed by atoms with Gasteiger partial charge in [0.1, 0.15) is 0 Å². The second kappa shape index (κ2) is 6.08. The van der Waals surface area contributed by atoms with Crippen molar-refractivity contribution in [3.63, 3.8) is 0 Å². The molecule has 2 atom stereocenters. The van der Waals surface area contributed by atoms with Crippen molar-refractivity contribution in [2.75, 3.05) is 0 Å². The Hall–Kier alpha value is -1.51. The van der Waals surface area contributed by atoms with Gasteiger partial charge in [0.15, 0.2) is 0 Å². The first-order chi connectivity index (χ1) is 10.1. The highest BCUT2D eigenvalue weighted by Crippen LogP contribution is 2.48. The molecule has 1 aliphatic carbocycles. The normalized spacial score (nSPS) is 20.1. The van der Waals surface area contributed by atoms with Crippen molar-refractivity contribution in [3.05, 3.63) is 69.7 Å². The minimum atomic E-state index is 0.0308. The average Bonchev–Trinajstić information content (AvgIpc) is 3.25. The van der Waals surface area contributed by atoms with E-state index < -0.39 is 0 Å². The van der Waals surface area contributed by atoms with Crippen LogP contribution in [0.5, 0.6) is 0 Å². The number of nitrogens with one attached hydrogen (secondary N) is 1. The van der Waals surface area contributed by atoms with Crippen LogP contribution in [0.1, 0.15) is 23.5 Å². The first kappa shape index (κ1) is 14.4. The molecule has 2 aromatic rings. The number of amides is 1. The summed E-state index contributed by atoms with van der Waals surface area (Å²) in [5.41, 5.74) is 2.15. The van der Waals surface area contributed by atoms with Crippen LogP contribution in [0.15, 0.2) is 48.5 Å². The van der Waals surface area contributed by atoms with Gasteiger partial charge in [0.25, 0.3) is 0 Å². The number of hydrogen-bond acceptors (Lipinski definition) is 1. The van der Waals surface area contributed by atoms with Crippen LogP contribution in [-0.4, -0.2) is 5.91 Å². The number of rotatable bonds is 4. The van der Waals surface area contributed by atoms with Gasteiger partial charge in [0.2, 0.25) is 5.91 Å². The second-order valence-electron chi connectivity index (χ2n) is 5.35. The maximum Gasteiger partial charge on any atom is 0.224 e. The SMILES string of the molecule is O=C(NCc1ccccc1)C1CC1c1cc(Cl)cc(Cl)c1. The van der Waals surface area contributed by atoms with E-state index in [-0.39, 0.29) is 17.7 Å². The van der Waals surface area contributed by atoms with E-state index >= 15 is 0 Å². The number of benzene rings is 2. The van der Waals surface area contributed by atoms with Gasteiger partial charge < -0.3 is 5.32 Å². The van der Waals surface area contributed by atoms with E-state index in [1.54, 1.807) is 6.07 Å². The van der Waals surface area contributed by atoms with Gasteiger partial charge in [0.05, 0.1) is 0 Å². The Labute approximate surface area is 134 Å². The van der Waals surface area contributed by atoms with Crippen molar-refractivity contribution in [3.8, 4) is 0 Å². The third-order valence-corrected chi connectivity index (χ3v) is 4.19. The lowest BCUT2D eigenvalue weighted by Crippen LogP contribution is -2.24. The van der Waals surface area contributed by atoms with Crippen LogP contribution < -0.4 is 5.32 Å². The zero-order chi connectivity index (χ0) is 14.8. The Morgan fingerprint density at radius 1 is 1.10 bits per heavy atom. The summed E-state index contributed by atoms with van der Waals surface area (Å²) in [6, 6.07) is 15.4. The predicted molar refractivity (Wildman–Crippen MR) is 85.6 cm³/mol. The minimum Gasteiger partial charge on any atom is -0.352 e. The quantitative estimate of drug-likeness (QED) is 0.888. The summed E-state index contributed by atoms with van der Waals surface area (Å²) in [7, 11) is 0. The van der Waals surface area contributed by atoms with Gasteiger partial charge in [-0.05, 0) is 41.7 Å². The van der Waals surface area contributed by atoms with E-state index in [0.717, 1.165) is 17.5 Å². The number of carbonyl (C=O) groups excluding carboxylic acids is 1. The molecule has 2 nitrogen and oxygen atoms in total. The van der Waals surface area contributed by atoms with Crippen LogP contribution in [0.25, 0.3) is 0 Å². The van der Waals surface area contributed by atoms with Crippen LogP contribution in [-0.2, 0) is 11.3 Å². The van der Waals surface area contributed by atoms with Crippen molar-refractivity contribution in [1.29, 1.82) is 0 Å². The van der Waals surface area contributed by atoms with Crippen LogP contribution in [0.3, 0.4) is 0 Å². The number of carbonyl (C=O) groups is 1. The average molecular weight is 320 g/mol. The number of halogens is 2. The highest BCUT2D eigenvalue weighted by Gasteiger charge is 2.43. The molecule has 1 fully saturated rings. The molecule has 0 bridgehead atoms. The van der Waals surface area contributed by atoms with Crippen molar-refractivity contribution >= 4 is 29.1 Å². The molecule has 0 aromatic heterocycles. The van der Waals surface area contributed by atoms with E-state index in [2.05, 4.69) is 5.32 Å². The van der Waals surface area contributed by atoms with E-state index in [4.69, 9.17) is 23.2 Å². The van der Waals surface area contributed by atoms with Gasteiger partial charge in [-0.15, -0.1) is 0 Å². The summed E-state index contributed by atoms with van der Waals surface area (Å²) >= 11 is 12.0. The van der Waals surface area contributed by atoms with Gasteiger partial charge >= 0.3 is 0 Å². The molecule has 2 unspecified atom stereocenters.